The van der Waals surface area contributed by atoms with Gasteiger partial charge in [-0.15, -0.1) is 0 Å². The Morgan fingerprint density at radius 1 is 1.23 bits per heavy atom. The van der Waals surface area contributed by atoms with Crippen LogP contribution in [0.3, 0.4) is 0 Å². The molecule has 1 heterocycles. The van der Waals surface area contributed by atoms with Gasteiger partial charge in [0, 0.05) is 17.8 Å². The van der Waals surface area contributed by atoms with Crippen LogP contribution in [-0.2, 0) is 6.61 Å². The first-order valence-corrected chi connectivity index (χ1v) is 8.79. The Balaban J connectivity index is 1.70. The van der Waals surface area contributed by atoms with Crippen molar-refractivity contribution in [1.29, 1.82) is 5.26 Å². The van der Waals surface area contributed by atoms with Gasteiger partial charge in [0.1, 0.15) is 6.61 Å². The largest absolute Gasteiger partial charge is 0.493 e. The van der Waals surface area contributed by atoms with Crippen molar-refractivity contribution >= 4 is 17.7 Å². The Labute approximate surface area is 172 Å². The summed E-state index contributed by atoms with van der Waals surface area (Å²) in [4.78, 5) is 14.4. The molecule has 3 aromatic rings. The van der Waals surface area contributed by atoms with Crippen molar-refractivity contribution in [3.05, 3.63) is 87.6 Å². The fraction of sp³-hybridized carbons (Fsp3) is 0.0952. The zero-order valence-corrected chi connectivity index (χ0v) is 16.0. The Bertz CT molecular complexity index is 1120. The highest BCUT2D eigenvalue weighted by molar-refractivity contribution is 5.81. The normalized spacial score (nSPS) is 10.4. The molecule has 0 aliphatic rings. The molecule has 0 fully saturated rings. The molecule has 150 valence electrons. The Morgan fingerprint density at radius 2 is 2.07 bits per heavy atom. The van der Waals surface area contributed by atoms with E-state index in [2.05, 4.69) is 21.6 Å². The van der Waals surface area contributed by atoms with E-state index in [1.165, 1.54) is 31.7 Å². The first-order chi connectivity index (χ1) is 14.6. The van der Waals surface area contributed by atoms with E-state index in [-0.39, 0.29) is 18.1 Å². The monoisotopic (exact) mass is 403 g/mol. The van der Waals surface area contributed by atoms with Crippen molar-refractivity contribution in [1.82, 2.24) is 4.98 Å². The number of rotatable bonds is 8. The van der Waals surface area contributed by atoms with Gasteiger partial charge in [-0.1, -0.05) is 18.2 Å². The molecule has 0 amide bonds. The van der Waals surface area contributed by atoms with E-state index >= 15 is 0 Å². The molecule has 0 unspecified atom stereocenters. The van der Waals surface area contributed by atoms with Crippen LogP contribution in [0.2, 0.25) is 0 Å². The minimum Gasteiger partial charge on any atom is -0.493 e. The molecule has 0 bridgehead atoms. The predicted molar refractivity (Wildman–Crippen MR) is 111 cm³/mol. The van der Waals surface area contributed by atoms with E-state index in [1.54, 1.807) is 30.3 Å². The SMILES string of the molecule is COc1cc(/C=N\Nc2ncccc2[N+](=O)[O-])ccc1OCc1ccccc1C#N. The van der Waals surface area contributed by atoms with Gasteiger partial charge in [0.05, 0.1) is 29.9 Å². The molecule has 0 radical (unpaired) electrons. The molecule has 9 nitrogen and oxygen atoms in total. The summed E-state index contributed by atoms with van der Waals surface area (Å²) in [5.41, 5.74) is 4.40. The van der Waals surface area contributed by atoms with Crippen LogP contribution < -0.4 is 14.9 Å². The molecule has 3 rings (SSSR count). The maximum absolute atomic E-state index is 11.0. The number of nitro groups is 1. The summed E-state index contributed by atoms with van der Waals surface area (Å²) in [5.74, 6) is 1.04. The summed E-state index contributed by atoms with van der Waals surface area (Å²) in [6, 6.07) is 17.3. The zero-order chi connectivity index (χ0) is 21.3. The highest BCUT2D eigenvalue weighted by atomic mass is 16.6. The first-order valence-electron chi connectivity index (χ1n) is 8.79. The third-order valence-electron chi connectivity index (χ3n) is 4.08. The second-order valence-electron chi connectivity index (χ2n) is 5.97. The summed E-state index contributed by atoms with van der Waals surface area (Å²) in [5, 5.41) is 24.2. The zero-order valence-electron chi connectivity index (χ0n) is 16.0. The van der Waals surface area contributed by atoms with Crippen LogP contribution >= 0.6 is 0 Å². The molecule has 0 saturated heterocycles. The number of anilines is 1. The number of hydrogen-bond acceptors (Lipinski definition) is 8. The van der Waals surface area contributed by atoms with Crippen molar-refractivity contribution in [3.63, 3.8) is 0 Å². The molecule has 2 aromatic carbocycles. The molecule has 1 N–H and O–H groups in total. The van der Waals surface area contributed by atoms with Crippen LogP contribution in [0.4, 0.5) is 11.5 Å². The Kier molecular flexibility index (Phi) is 6.53. The van der Waals surface area contributed by atoms with Crippen molar-refractivity contribution in [2.24, 2.45) is 5.10 Å². The lowest BCUT2D eigenvalue weighted by Crippen LogP contribution is -2.01. The number of hydrogen-bond donors (Lipinski definition) is 1. The lowest BCUT2D eigenvalue weighted by atomic mass is 10.1. The van der Waals surface area contributed by atoms with Crippen LogP contribution in [0, 0.1) is 21.4 Å². The minimum absolute atomic E-state index is 0.0434. The van der Waals surface area contributed by atoms with E-state index in [9.17, 15) is 15.4 Å². The molecule has 0 atom stereocenters. The Morgan fingerprint density at radius 3 is 2.83 bits per heavy atom. The molecule has 0 aliphatic carbocycles. The number of methoxy groups -OCH3 is 1. The van der Waals surface area contributed by atoms with Gasteiger partial charge in [-0.3, -0.25) is 15.5 Å². The smallest absolute Gasteiger partial charge is 0.313 e. The van der Waals surface area contributed by atoms with Crippen molar-refractivity contribution in [2.75, 3.05) is 12.5 Å². The molecule has 0 aliphatic heterocycles. The number of nitriles is 1. The highest BCUT2D eigenvalue weighted by Crippen LogP contribution is 2.29. The third kappa shape index (κ3) is 4.88. The number of nitrogens with zero attached hydrogens (tertiary/aromatic N) is 4. The van der Waals surface area contributed by atoms with Crippen molar-refractivity contribution in [3.8, 4) is 17.6 Å². The summed E-state index contributed by atoms with van der Waals surface area (Å²) in [6.45, 7) is 0.221. The number of hydrazone groups is 1. The van der Waals surface area contributed by atoms with Crippen LogP contribution in [-0.4, -0.2) is 23.2 Å². The van der Waals surface area contributed by atoms with E-state index in [1.807, 2.05) is 12.1 Å². The first kappa shape index (κ1) is 20.3. The summed E-state index contributed by atoms with van der Waals surface area (Å²) in [7, 11) is 1.52. The van der Waals surface area contributed by atoms with Crippen LogP contribution in [0.15, 0.2) is 65.9 Å². The van der Waals surface area contributed by atoms with E-state index in [0.717, 1.165) is 5.56 Å². The quantitative estimate of drug-likeness (QED) is 0.344. The van der Waals surface area contributed by atoms with Crippen molar-refractivity contribution < 1.29 is 14.4 Å². The minimum atomic E-state index is -0.537. The number of nitrogens with one attached hydrogen (secondary N) is 1. The second-order valence-corrected chi connectivity index (χ2v) is 5.97. The summed E-state index contributed by atoms with van der Waals surface area (Å²) >= 11 is 0. The second kappa shape index (κ2) is 9.66. The molecule has 30 heavy (non-hydrogen) atoms. The standard InChI is InChI=1S/C21H17N5O4/c1-29-20-11-15(13-24-25-21-18(26(27)28)7-4-10-23-21)8-9-19(20)30-14-17-6-3-2-5-16(17)12-22/h2-11,13H,14H2,1H3,(H,23,25)/b24-13-. The van der Waals surface area contributed by atoms with Gasteiger partial charge in [-0.05, 0) is 35.9 Å². The van der Waals surface area contributed by atoms with Crippen LogP contribution in [0.5, 0.6) is 11.5 Å². The maximum atomic E-state index is 11.0. The lowest BCUT2D eigenvalue weighted by Gasteiger charge is -2.12. The lowest BCUT2D eigenvalue weighted by molar-refractivity contribution is -0.384. The van der Waals surface area contributed by atoms with E-state index in [4.69, 9.17) is 9.47 Å². The number of aromatic nitrogens is 1. The molecular formula is C21H17N5O4. The van der Waals surface area contributed by atoms with Crippen molar-refractivity contribution in [2.45, 2.75) is 6.61 Å². The van der Waals surface area contributed by atoms with E-state index < -0.39 is 4.92 Å². The van der Waals surface area contributed by atoms with Gasteiger partial charge in [0.25, 0.3) is 0 Å². The van der Waals surface area contributed by atoms with Gasteiger partial charge in [0.15, 0.2) is 11.5 Å². The number of benzene rings is 2. The van der Waals surface area contributed by atoms with Gasteiger partial charge in [-0.2, -0.15) is 10.4 Å². The predicted octanol–water partition coefficient (Wildman–Crippen LogP) is 3.90. The fourth-order valence-corrected chi connectivity index (χ4v) is 2.59. The van der Waals surface area contributed by atoms with Gasteiger partial charge >= 0.3 is 5.69 Å². The van der Waals surface area contributed by atoms with E-state index in [0.29, 0.717) is 22.6 Å². The highest BCUT2D eigenvalue weighted by Gasteiger charge is 2.13. The van der Waals surface area contributed by atoms with Gasteiger partial charge < -0.3 is 9.47 Å². The van der Waals surface area contributed by atoms with Gasteiger partial charge in [-0.25, -0.2) is 4.98 Å². The Hall–Kier alpha value is -4.45. The summed E-state index contributed by atoms with van der Waals surface area (Å²) in [6.07, 6.45) is 2.92. The molecule has 0 spiro atoms. The average Bonchev–Trinajstić information content (AvgIpc) is 2.78. The molecular weight excluding hydrogens is 386 g/mol. The van der Waals surface area contributed by atoms with Crippen LogP contribution in [0.1, 0.15) is 16.7 Å². The van der Waals surface area contributed by atoms with Gasteiger partial charge in [0.2, 0.25) is 5.82 Å². The summed E-state index contributed by atoms with van der Waals surface area (Å²) < 4.78 is 11.2. The fourth-order valence-electron chi connectivity index (χ4n) is 2.59. The topological polar surface area (TPSA) is 123 Å². The molecule has 0 saturated carbocycles. The average molecular weight is 403 g/mol. The third-order valence-corrected chi connectivity index (χ3v) is 4.08. The number of ether oxygens (including phenoxy) is 2. The molecule has 1 aromatic heterocycles. The maximum Gasteiger partial charge on any atom is 0.313 e. The van der Waals surface area contributed by atoms with Crippen LogP contribution in [0.25, 0.3) is 0 Å². The number of pyridine rings is 1. The molecule has 9 heteroatoms.